The molecule has 1 aromatic carbocycles. The molecule has 2 amide bonds. The second kappa shape index (κ2) is 5.65. The number of amides is 2. The van der Waals surface area contributed by atoms with E-state index in [1.54, 1.807) is 0 Å². The van der Waals surface area contributed by atoms with E-state index in [0.717, 1.165) is 10.7 Å². The molecule has 0 saturated carbocycles. The van der Waals surface area contributed by atoms with E-state index in [1.807, 2.05) is 42.5 Å². The summed E-state index contributed by atoms with van der Waals surface area (Å²) in [5.74, 6) is -0.915. The van der Waals surface area contributed by atoms with Crippen LogP contribution in [0, 0.1) is 11.8 Å². The third-order valence-corrected chi connectivity index (χ3v) is 3.95. The van der Waals surface area contributed by atoms with Crippen LogP contribution in [0.25, 0.3) is 0 Å². The molecule has 1 aromatic rings. The third-order valence-electron chi connectivity index (χ3n) is 3.75. The van der Waals surface area contributed by atoms with Crippen molar-refractivity contribution in [1.82, 2.24) is 10.4 Å². The lowest BCUT2D eigenvalue weighted by Crippen LogP contribution is -2.48. The van der Waals surface area contributed by atoms with Gasteiger partial charge in [0.15, 0.2) is 5.11 Å². The van der Waals surface area contributed by atoms with Gasteiger partial charge in [0.2, 0.25) is 0 Å². The fourth-order valence-corrected chi connectivity index (χ4v) is 2.90. The molecule has 0 spiro atoms. The van der Waals surface area contributed by atoms with Gasteiger partial charge in [-0.15, -0.1) is 0 Å². The molecule has 2 N–H and O–H groups in total. The van der Waals surface area contributed by atoms with Crippen LogP contribution in [0.1, 0.15) is 12.8 Å². The molecule has 2 unspecified atom stereocenters. The van der Waals surface area contributed by atoms with E-state index >= 15 is 0 Å². The Hall–Kier alpha value is -2.21. The van der Waals surface area contributed by atoms with Crippen molar-refractivity contribution in [2.45, 2.75) is 12.8 Å². The molecule has 1 fully saturated rings. The number of nitrogens with zero attached hydrogens (tertiary/aromatic N) is 1. The van der Waals surface area contributed by atoms with Crippen molar-refractivity contribution in [2.24, 2.45) is 11.8 Å². The predicted octanol–water partition coefficient (Wildman–Crippen LogP) is 1.84. The van der Waals surface area contributed by atoms with E-state index in [9.17, 15) is 9.59 Å². The number of carbonyl (C=O) groups is 2. The summed E-state index contributed by atoms with van der Waals surface area (Å²) in [4.78, 5) is 24.5. The molecule has 2 aliphatic rings. The molecule has 1 saturated heterocycles. The maximum absolute atomic E-state index is 12.3. The first-order valence-corrected chi connectivity index (χ1v) is 7.23. The molecule has 21 heavy (non-hydrogen) atoms. The van der Waals surface area contributed by atoms with Crippen LogP contribution in [0.2, 0.25) is 0 Å². The lowest BCUT2D eigenvalue weighted by Gasteiger charge is -2.18. The number of anilines is 1. The van der Waals surface area contributed by atoms with Crippen LogP contribution in [0.5, 0.6) is 0 Å². The van der Waals surface area contributed by atoms with Crippen LogP contribution in [0.3, 0.4) is 0 Å². The molecule has 5 nitrogen and oxygen atoms in total. The number of thiocarbonyl (C=S) groups is 1. The quantitative estimate of drug-likeness (QED) is 0.496. The van der Waals surface area contributed by atoms with Gasteiger partial charge in [-0.2, -0.15) is 5.01 Å². The summed E-state index contributed by atoms with van der Waals surface area (Å²) in [6.07, 6.45) is 5.14. The molecule has 2 atom stereocenters. The van der Waals surface area contributed by atoms with Crippen molar-refractivity contribution in [3.63, 3.8) is 0 Å². The van der Waals surface area contributed by atoms with E-state index in [-0.39, 0.29) is 28.8 Å². The highest BCUT2D eigenvalue weighted by atomic mass is 32.1. The smallest absolute Gasteiger partial charge is 0.252 e. The molecular formula is C15H15N3O2S. The molecule has 1 aliphatic carbocycles. The van der Waals surface area contributed by atoms with Crippen molar-refractivity contribution in [2.75, 3.05) is 5.32 Å². The van der Waals surface area contributed by atoms with Gasteiger partial charge in [0, 0.05) is 5.69 Å². The number of benzene rings is 1. The van der Waals surface area contributed by atoms with Gasteiger partial charge in [-0.05, 0) is 37.2 Å². The Kier molecular flexibility index (Phi) is 3.70. The predicted molar refractivity (Wildman–Crippen MR) is 83.0 cm³/mol. The molecule has 0 radical (unpaired) electrons. The minimum Gasteiger partial charge on any atom is -0.331 e. The number of rotatable bonds is 2. The summed E-state index contributed by atoms with van der Waals surface area (Å²) < 4.78 is 0. The van der Waals surface area contributed by atoms with Crippen molar-refractivity contribution in [3.05, 3.63) is 42.5 Å². The van der Waals surface area contributed by atoms with Gasteiger partial charge < -0.3 is 5.32 Å². The van der Waals surface area contributed by atoms with Crippen LogP contribution in [0.4, 0.5) is 5.69 Å². The van der Waals surface area contributed by atoms with Gasteiger partial charge >= 0.3 is 0 Å². The maximum atomic E-state index is 12.3. The van der Waals surface area contributed by atoms with Crippen molar-refractivity contribution < 1.29 is 9.59 Å². The van der Waals surface area contributed by atoms with Gasteiger partial charge in [0.1, 0.15) is 0 Å². The fourth-order valence-electron chi connectivity index (χ4n) is 2.69. The highest BCUT2D eigenvalue weighted by Gasteiger charge is 2.47. The number of imide groups is 1. The normalized spacial score (nSPS) is 23.9. The van der Waals surface area contributed by atoms with E-state index in [4.69, 9.17) is 12.2 Å². The second-order valence-corrected chi connectivity index (χ2v) is 5.51. The summed E-state index contributed by atoms with van der Waals surface area (Å²) in [5.41, 5.74) is 3.51. The SMILES string of the molecule is O=C1C2CC=CCC2C(=O)N1NC(=S)Nc1ccccc1. The third kappa shape index (κ3) is 2.67. The minimum atomic E-state index is -0.255. The summed E-state index contributed by atoms with van der Waals surface area (Å²) in [5, 5.41) is 4.24. The highest BCUT2D eigenvalue weighted by Crippen LogP contribution is 2.34. The summed E-state index contributed by atoms with van der Waals surface area (Å²) in [7, 11) is 0. The van der Waals surface area contributed by atoms with Gasteiger partial charge in [0.25, 0.3) is 11.8 Å². The average Bonchev–Trinajstić information content (AvgIpc) is 2.74. The lowest BCUT2D eigenvalue weighted by molar-refractivity contribution is -0.142. The van der Waals surface area contributed by atoms with Gasteiger partial charge in [-0.25, -0.2) is 0 Å². The van der Waals surface area contributed by atoms with E-state index < -0.39 is 0 Å². The summed E-state index contributed by atoms with van der Waals surface area (Å²) in [6, 6.07) is 9.35. The number of para-hydroxylation sites is 1. The Morgan fingerprint density at radius 3 is 2.19 bits per heavy atom. The Morgan fingerprint density at radius 2 is 1.62 bits per heavy atom. The highest BCUT2D eigenvalue weighted by molar-refractivity contribution is 7.80. The number of hydrazine groups is 1. The largest absolute Gasteiger partial charge is 0.331 e. The van der Waals surface area contributed by atoms with Crippen LogP contribution >= 0.6 is 12.2 Å². The first-order chi connectivity index (χ1) is 10.2. The van der Waals surface area contributed by atoms with E-state index in [0.29, 0.717) is 12.8 Å². The Bertz CT molecular complexity index is 589. The number of fused-ring (bicyclic) bond motifs is 1. The summed E-state index contributed by atoms with van der Waals surface area (Å²) >= 11 is 5.16. The van der Waals surface area contributed by atoms with Crippen molar-refractivity contribution >= 4 is 34.8 Å². The van der Waals surface area contributed by atoms with Gasteiger partial charge in [-0.3, -0.25) is 15.0 Å². The zero-order chi connectivity index (χ0) is 14.8. The molecule has 0 aromatic heterocycles. The number of carbonyl (C=O) groups excluding carboxylic acids is 2. The molecule has 0 bridgehead atoms. The Labute approximate surface area is 128 Å². The average molecular weight is 301 g/mol. The van der Waals surface area contributed by atoms with E-state index in [1.165, 1.54) is 0 Å². The van der Waals surface area contributed by atoms with Gasteiger partial charge in [-0.1, -0.05) is 30.4 Å². The number of hydrogen-bond donors (Lipinski definition) is 2. The molecule has 108 valence electrons. The van der Waals surface area contributed by atoms with Crippen LogP contribution in [-0.2, 0) is 9.59 Å². The molecule has 3 rings (SSSR count). The molecular weight excluding hydrogens is 286 g/mol. The zero-order valence-electron chi connectivity index (χ0n) is 11.3. The number of allylic oxidation sites excluding steroid dienone is 2. The Balaban J connectivity index is 1.66. The zero-order valence-corrected chi connectivity index (χ0v) is 12.1. The number of nitrogens with one attached hydrogen (secondary N) is 2. The monoisotopic (exact) mass is 301 g/mol. The minimum absolute atomic E-state index is 0.202. The van der Waals surface area contributed by atoms with Crippen LogP contribution < -0.4 is 10.7 Å². The molecule has 6 heteroatoms. The Morgan fingerprint density at radius 1 is 1.05 bits per heavy atom. The van der Waals surface area contributed by atoms with Crippen LogP contribution in [-0.4, -0.2) is 21.9 Å². The van der Waals surface area contributed by atoms with Crippen molar-refractivity contribution in [3.8, 4) is 0 Å². The number of hydrogen-bond acceptors (Lipinski definition) is 3. The lowest BCUT2D eigenvalue weighted by atomic mass is 9.85. The topological polar surface area (TPSA) is 61.4 Å². The molecule has 1 aliphatic heterocycles. The van der Waals surface area contributed by atoms with Crippen molar-refractivity contribution in [1.29, 1.82) is 0 Å². The van der Waals surface area contributed by atoms with Gasteiger partial charge in [0.05, 0.1) is 11.8 Å². The fraction of sp³-hybridized carbons (Fsp3) is 0.267. The van der Waals surface area contributed by atoms with Crippen LogP contribution in [0.15, 0.2) is 42.5 Å². The maximum Gasteiger partial charge on any atom is 0.252 e. The standard InChI is InChI=1S/C15H15N3O2S/c19-13-11-8-4-5-9-12(11)14(20)18(13)17-15(21)16-10-6-2-1-3-7-10/h1-7,11-12H,8-9H2,(H2,16,17,21). The first kappa shape index (κ1) is 13.8. The second-order valence-electron chi connectivity index (χ2n) is 5.10. The summed E-state index contributed by atoms with van der Waals surface area (Å²) in [6.45, 7) is 0. The first-order valence-electron chi connectivity index (χ1n) is 6.82. The van der Waals surface area contributed by atoms with E-state index in [2.05, 4.69) is 10.7 Å². The molecule has 1 heterocycles.